The fraction of sp³-hybridized carbons (Fsp3) is 0.462. The van der Waals surface area contributed by atoms with Gasteiger partial charge in [0.15, 0.2) is 0 Å². The molecule has 1 aromatic carbocycles. The molecule has 1 fully saturated rings. The number of rotatable bonds is 2. The van der Waals surface area contributed by atoms with Crippen LogP contribution in [0.1, 0.15) is 12.8 Å². The molecule has 1 saturated heterocycles. The van der Waals surface area contributed by atoms with Crippen molar-refractivity contribution in [2.75, 3.05) is 13.1 Å². The molecule has 3 rings (SSSR count). The summed E-state index contributed by atoms with van der Waals surface area (Å²) in [5.41, 5.74) is 0.164. The summed E-state index contributed by atoms with van der Waals surface area (Å²) in [5, 5.41) is 10.3. The molecular weight excluding hydrogens is 295 g/mol. The van der Waals surface area contributed by atoms with Crippen LogP contribution in [0.15, 0.2) is 29.1 Å². The first-order valence-corrected chi connectivity index (χ1v) is 7.85. The van der Waals surface area contributed by atoms with E-state index in [-0.39, 0.29) is 26.4 Å². The number of aliphatic hydroxyl groups is 1. The van der Waals surface area contributed by atoms with E-state index in [0.717, 1.165) is 31.3 Å². The normalized spacial score (nSPS) is 18.5. The number of benzene rings is 1. The Morgan fingerprint density at radius 3 is 2.72 bits per heavy atom. The predicted molar refractivity (Wildman–Crippen MR) is 72.0 cm³/mol. The monoisotopic (exact) mass is 312 g/mol. The Balaban J connectivity index is 1.82. The Hall–Kier alpha value is -0.871. The summed E-state index contributed by atoms with van der Waals surface area (Å²) >= 11 is 0.115. The number of aliphatic hydroxyl groups excluding tert-OH is 1. The summed E-state index contributed by atoms with van der Waals surface area (Å²) in [5.74, 6) is 0. The van der Waals surface area contributed by atoms with Gasteiger partial charge in [-0.1, -0.05) is 0 Å². The van der Waals surface area contributed by atoms with Crippen LogP contribution in [0.25, 0.3) is 9.65 Å². The second-order valence-corrected chi connectivity index (χ2v) is 6.99. The van der Waals surface area contributed by atoms with Crippen LogP contribution >= 0.6 is 0 Å². The van der Waals surface area contributed by atoms with Crippen LogP contribution in [0.3, 0.4) is 0 Å². The summed E-state index contributed by atoms with van der Waals surface area (Å²) in [6.45, 7) is 2.48. The molecule has 0 atom stereocenters. The van der Waals surface area contributed by atoms with Crippen molar-refractivity contribution in [3.8, 4) is 0 Å². The molecule has 0 spiro atoms. The van der Waals surface area contributed by atoms with E-state index in [1.54, 1.807) is 0 Å². The van der Waals surface area contributed by atoms with Crippen molar-refractivity contribution in [2.45, 2.75) is 25.6 Å². The number of hydrogen-bond donors (Lipinski definition) is 1. The molecule has 96 valence electrons. The van der Waals surface area contributed by atoms with Gasteiger partial charge < -0.3 is 0 Å². The molecule has 1 aromatic heterocycles. The number of likely N-dealkylation sites (tertiary alicyclic amines) is 1. The van der Waals surface area contributed by atoms with Gasteiger partial charge in [-0.3, -0.25) is 0 Å². The first kappa shape index (κ1) is 12.2. The molecule has 0 amide bonds. The predicted octanol–water partition coefficient (Wildman–Crippen LogP) is 0.473. The standard InChI is InChI=1S/C13H16N2O2Se/c16-10-5-7-14(8-6-10)9-15-13(17)11-3-1-2-4-12(11)18-15/h1-4,10,16H,5-9H2. The quantitative estimate of drug-likeness (QED) is 0.820. The summed E-state index contributed by atoms with van der Waals surface area (Å²) < 4.78 is 3.14. The van der Waals surface area contributed by atoms with Gasteiger partial charge in [0.2, 0.25) is 0 Å². The van der Waals surface area contributed by atoms with Crippen LogP contribution in [-0.4, -0.2) is 47.5 Å². The van der Waals surface area contributed by atoms with Gasteiger partial charge >= 0.3 is 111 Å². The van der Waals surface area contributed by atoms with Gasteiger partial charge in [-0.2, -0.15) is 0 Å². The van der Waals surface area contributed by atoms with E-state index in [9.17, 15) is 9.90 Å². The molecule has 4 nitrogen and oxygen atoms in total. The zero-order chi connectivity index (χ0) is 12.5. The zero-order valence-corrected chi connectivity index (χ0v) is 11.8. The van der Waals surface area contributed by atoms with E-state index >= 15 is 0 Å². The average Bonchev–Trinajstić information content (AvgIpc) is 2.70. The summed E-state index contributed by atoms with van der Waals surface area (Å²) in [6, 6.07) is 7.88. The third-order valence-electron chi connectivity index (χ3n) is 3.44. The number of fused-ring (bicyclic) bond motifs is 1. The number of nitrogens with zero attached hydrogens (tertiary/aromatic N) is 2. The Morgan fingerprint density at radius 2 is 2.00 bits per heavy atom. The van der Waals surface area contributed by atoms with Crippen LogP contribution in [0.2, 0.25) is 0 Å². The Morgan fingerprint density at radius 1 is 1.28 bits per heavy atom. The Labute approximate surface area is 111 Å². The van der Waals surface area contributed by atoms with Crippen molar-refractivity contribution in [2.24, 2.45) is 0 Å². The minimum absolute atomic E-state index is 0.115. The molecule has 18 heavy (non-hydrogen) atoms. The minimum atomic E-state index is -0.154. The molecule has 1 N–H and O–H groups in total. The number of piperidine rings is 1. The SMILES string of the molecule is O=c1c2ccccc2[se]n1CN1CCC(O)CC1. The molecule has 0 unspecified atom stereocenters. The first-order valence-electron chi connectivity index (χ1n) is 6.23. The molecule has 0 bridgehead atoms. The van der Waals surface area contributed by atoms with Crippen molar-refractivity contribution < 1.29 is 5.11 Å². The molecule has 1 aliphatic heterocycles. The van der Waals surface area contributed by atoms with Crippen molar-refractivity contribution in [3.05, 3.63) is 34.6 Å². The van der Waals surface area contributed by atoms with Crippen molar-refractivity contribution in [1.29, 1.82) is 0 Å². The van der Waals surface area contributed by atoms with Gasteiger partial charge in [0.1, 0.15) is 0 Å². The topological polar surface area (TPSA) is 45.5 Å². The van der Waals surface area contributed by atoms with Crippen molar-refractivity contribution in [1.82, 2.24) is 8.46 Å². The van der Waals surface area contributed by atoms with E-state index in [4.69, 9.17) is 0 Å². The second kappa shape index (κ2) is 5.02. The Kier molecular flexibility index (Phi) is 3.39. The molecule has 2 aromatic rings. The molecule has 0 saturated carbocycles. The maximum atomic E-state index is 12.2. The van der Waals surface area contributed by atoms with Crippen molar-refractivity contribution in [3.63, 3.8) is 0 Å². The van der Waals surface area contributed by atoms with Crippen LogP contribution in [-0.2, 0) is 6.67 Å². The van der Waals surface area contributed by atoms with Crippen LogP contribution < -0.4 is 5.56 Å². The molecule has 5 heteroatoms. The third-order valence-corrected chi connectivity index (χ3v) is 5.65. The molecule has 0 aliphatic carbocycles. The molecule has 1 aliphatic rings. The fourth-order valence-corrected chi connectivity index (χ4v) is 4.52. The van der Waals surface area contributed by atoms with Crippen LogP contribution in [0, 0.1) is 0 Å². The molecule has 2 heterocycles. The molecule has 0 radical (unpaired) electrons. The van der Waals surface area contributed by atoms with E-state index in [1.807, 2.05) is 27.8 Å². The number of hydrogen-bond acceptors (Lipinski definition) is 3. The van der Waals surface area contributed by atoms with Gasteiger partial charge in [-0.05, 0) is 0 Å². The van der Waals surface area contributed by atoms with Crippen molar-refractivity contribution >= 4 is 24.4 Å². The zero-order valence-electron chi connectivity index (χ0n) is 10.1. The third kappa shape index (κ3) is 2.31. The summed E-state index contributed by atoms with van der Waals surface area (Å²) in [7, 11) is 0. The van der Waals surface area contributed by atoms with Gasteiger partial charge in [0.25, 0.3) is 0 Å². The van der Waals surface area contributed by atoms with Gasteiger partial charge in [0.05, 0.1) is 0 Å². The van der Waals surface area contributed by atoms with Gasteiger partial charge in [-0.15, -0.1) is 0 Å². The Bertz CT molecular complexity index is 596. The summed E-state index contributed by atoms with van der Waals surface area (Å²) in [4.78, 5) is 14.5. The van der Waals surface area contributed by atoms with E-state index in [0.29, 0.717) is 6.67 Å². The van der Waals surface area contributed by atoms with E-state index in [2.05, 4.69) is 4.90 Å². The number of aromatic nitrogens is 1. The van der Waals surface area contributed by atoms with Crippen LogP contribution in [0.5, 0.6) is 0 Å². The fourth-order valence-electron chi connectivity index (χ4n) is 2.35. The average molecular weight is 311 g/mol. The molecular formula is C13H16N2O2Se. The van der Waals surface area contributed by atoms with E-state index in [1.165, 1.54) is 4.26 Å². The van der Waals surface area contributed by atoms with Gasteiger partial charge in [0, 0.05) is 0 Å². The first-order chi connectivity index (χ1) is 8.74. The summed E-state index contributed by atoms with van der Waals surface area (Å²) in [6.07, 6.45) is 1.49. The maximum absolute atomic E-state index is 12.2. The van der Waals surface area contributed by atoms with Gasteiger partial charge in [-0.25, -0.2) is 0 Å². The second-order valence-electron chi connectivity index (χ2n) is 4.76. The van der Waals surface area contributed by atoms with Crippen LogP contribution in [0.4, 0.5) is 0 Å². The van der Waals surface area contributed by atoms with E-state index < -0.39 is 0 Å².